The lowest BCUT2D eigenvalue weighted by atomic mass is 10.0. The molecule has 4 nitrogen and oxygen atoms in total. The average molecular weight is 313 g/mol. The normalized spacial score (nSPS) is 12.8. The van der Waals surface area contributed by atoms with Crippen LogP contribution in [0.25, 0.3) is 11.4 Å². The van der Waals surface area contributed by atoms with Crippen LogP contribution < -0.4 is 10.2 Å². The Morgan fingerprint density at radius 3 is 2.82 bits per heavy atom. The third-order valence-corrected chi connectivity index (χ3v) is 4.42. The first-order valence-corrected chi connectivity index (χ1v) is 7.64. The van der Waals surface area contributed by atoms with Crippen LogP contribution in [0.2, 0.25) is 5.02 Å². The number of para-hydroxylation sites is 1. The smallest absolute Gasteiger partial charge is 0.234 e. The van der Waals surface area contributed by atoms with Crippen LogP contribution in [0.3, 0.4) is 0 Å². The van der Waals surface area contributed by atoms with Gasteiger partial charge in [0.15, 0.2) is 11.4 Å². The number of nitrogens with one attached hydrogen (secondary N) is 1. The number of hydrogen-bond acceptors (Lipinski definition) is 1. The van der Waals surface area contributed by atoms with Gasteiger partial charge in [-0.05, 0) is 43.2 Å². The van der Waals surface area contributed by atoms with Crippen LogP contribution in [-0.4, -0.2) is 9.90 Å². The number of aromatic amines is 1. The highest BCUT2D eigenvalue weighted by molar-refractivity contribution is 6.30. The Morgan fingerprint density at radius 1 is 1.18 bits per heavy atom. The lowest BCUT2D eigenvalue weighted by Crippen LogP contribution is -2.42. The van der Waals surface area contributed by atoms with Gasteiger partial charge in [-0.25, -0.2) is 4.79 Å². The van der Waals surface area contributed by atoms with E-state index in [1.54, 1.807) is 10.7 Å². The molecular formula is C17H15ClN3O+. The van der Waals surface area contributed by atoms with Gasteiger partial charge in [0, 0.05) is 17.0 Å². The van der Waals surface area contributed by atoms with E-state index in [-0.39, 0.29) is 5.56 Å². The van der Waals surface area contributed by atoms with E-state index in [1.807, 2.05) is 41.9 Å². The molecule has 0 atom stereocenters. The van der Waals surface area contributed by atoms with Gasteiger partial charge in [-0.2, -0.15) is 0 Å². The fourth-order valence-corrected chi connectivity index (χ4v) is 3.30. The van der Waals surface area contributed by atoms with Gasteiger partial charge in [-0.15, -0.1) is 4.68 Å². The molecule has 1 aliphatic heterocycles. The summed E-state index contributed by atoms with van der Waals surface area (Å²) in [6.07, 6.45) is 1.63. The lowest BCUT2D eigenvalue weighted by molar-refractivity contribution is -0.671. The SMILES string of the molecule is Cc1cc(Cl)ccc1-n1[nH][n+]2c(c1=O)CCc1ccccc1-2. The molecule has 0 unspecified atom stereocenters. The highest BCUT2D eigenvalue weighted by Crippen LogP contribution is 2.19. The fraction of sp³-hybridized carbons (Fsp3) is 0.176. The first-order valence-electron chi connectivity index (χ1n) is 7.26. The second-order valence-electron chi connectivity index (χ2n) is 5.58. The summed E-state index contributed by atoms with van der Waals surface area (Å²) in [6.45, 7) is 1.95. The Kier molecular flexibility index (Phi) is 2.94. The molecule has 0 bridgehead atoms. The molecule has 2 aromatic carbocycles. The molecule has 0 saturated heterocycles. The van der Waals surface area contributed by atoms with E-state index in [2.05, 4.69) is 11.3 Å². The zero-order valence-corrected chi connectivity index (χ0v) is 12.9. The monoisotopic (exact) mass is 312 g/mol. The summed E-state index contributed by atoms with van der Waals surface area (Å²) >= 11 is 6.01. The second kappa shape index (κ2) is 4.85. The van der Waals surface area contributed by atoms with E-state index in [1.165, 1.54) is 5.56 Å². The molecule has 0 fully saturated rings. The van der Waals surface area contributed by atoms with Crippen LogP contribution in [0, 0.1) is 6.92 Å². The molecule has 5 heteroatoms. The molecule has 22 heavy (non-hydrogen) atoms. The van der Waals surface area contributed by atoms with Crippen LogP contribution >= 0.6 is 11.6 Å². The highest BCUT2D eigenvalue weighted by atomic mass is 35.5. The van der Waals surface area contributed by atoms with Gasteiger partial charge in [0.05, 0.1) is 0 Å². The summed E-state index contributed by atoms with van der Waals surface area (Å²) in [5.41, 5.74) is 4.87. The number of halogens is 1. The number of H-pyrrole nitrogens is 1. The summed E-state index contributed by atoms with van der Waals surface area (Å²) in [5.74, 6) is 0. The summed E-state index contributed by atoms with van der Waals surface area (Å²) in [7, 11) is 0. The van der Waals surface area contributed by atoms with Crippen LogP contribution in [0.5, 0.6) is 0 Å². The number of aryl methyl sites for hydroxylation is 2. The molecule has 0 saturated carbocycles. The molecule has 1 N–H and O–H groups in total. The first-order chi connectivity index (χ1) is 10.6. The van der Waals surface area contributed by atoms with Gasteiger partial charge < -0.3 is 0 Å². The second-order valence-corrected chi connectivity index (χ2v) is 6.02. The Morgan fingerprint density at radius 2 is 2.00 bits per heavy atom. The van der Waals surface area contributed by atoms with E-state index in [0.29, 0.717) is 5.02 Å². The van der Waals surface area contributed by atoms with Crippen molar-refractivity contribution in [2.75, 3.05) is 0 Å². The molecule has 110 valence electrons. The standard InChI is InChI=1S/C17H14ClN3O/c1-11-10-13(18)7-9-14(11)21-17(22)16-8-6-12-4-2-3-5-15(12)20(16)19-21/h2-5,7,9-10H,6,8H2,1H3/p+1. The minimum atomic E-state index is -0.0000690. The number of fused-ring (bicyclic) bond motifs is 3. The predicted octanol–water partition coefficient (Wildman–Crippen LogP) is 2.50. The van der Waals surface area contributed by atoms with E-state index in [4.69, 9.17) is 11.6 Å². The van der Waals surface area contributed by atoms with Crippen molar-refractivity contribution in [1.82, 2.24) is 9.90 Å². The number of nitrogens with zero attached hydrogens (tertiary/aromatic N) is 2. The number of aromatic nitrogens is 3. The van der Waals surface area contributed by atoms with Crippen molar-refractivity contribution in [1.29, 1.82) is 0 Å². The van der Waals surface area contributed by atoms with E-state index in [0.717, 1.165) is 35.5 Å². The van der Waals surface area contributed by atoms with Crippen molar-refractivity contribution >= 4 is 11.6 Å². The molecular weight excluding hydrogens is 298 g/mol. The summed E-state index contributed by atoms with van der Waals surface area (Å²) in [4.78, 5) is 12.7. The van der Waals surface area contributed by atoms with E-state index < -0.39 is 0 Å². The molecule has 0 aliphatic carbocycles. The van der Waals surface area contributed by atoms with Crippen LogP contribution in [0.4, 0.5) is 0 Å². The zero-order valence-electron chi connectivity index (χ0n) is 12.1. The number of benzene rings is 2. The van der Waals surface area contributed by atoms with Gasteiger partial charge in [-0.1, -0.05) is 39.7 Å². The Hall–Kier alpha value is -2.33. The van der Waals surface area contributed by atoms with Crippen molar-refractivity contribution in [2.45, 2.75) is 19.8 Å². The van der Waals surface area contributed by atoms with Gasteiger partial charge in [0.25, 0.3) is 0 Å². The zero-order chi connectivity index (χ0) is 15.3. The number of hydrogen-bond donors (Lipinski definition) is 1. The maximum Gasteiger partial charge on any atom is 0.402 e. The Balaban J connectivity index is 1.95. The molecule has 2 heterocycles. The third-order valence-electron chi connectivity index (χ3n) is 4.18. The van der Waals surface area contributed by atoms with Crippen LogP contribution in [0.15, 0.2) is 47.3 Å². The summed E-state index contributed by atoms with van der Waals surface area (Å²) < 4.78 is 3.50. The predicted molar refractivity (Wildman–Crippen MR) is 85.1 cm³/mol. The number of rotatable bonds is 1. The van der Waals surface area contributed by atoms with Crippen molar-refractivity contribution in [3.05, 3.63) is 74.7 Å². The minimum Gasteiger partial charge on any atom is -0.234 e. The first kappa shape index (κ1) is 13.3. The van der Waals surface area contributed by atoms with Crippen molar-refractivity contribution < 1.29 is 4.68 Å². The van der Waals surface area contributed by atoms with Crippen LogP contribution in [0.1, 0.15) is 16.8 Å². The summed E-state index contributed by atoms with van der Waals surface area (Å²) in [6, 6.07) is 13.7. The molecule has 0 spiro atoms. The largest absolute Gasteiger partial charge is 0.402 e. The van der Waals surface area contributed by atoms with E-state index in [9.17, 15) is 4.79 Å². The average Bonchev–Trinajstić information content (AvgIpc) is 2.85. The Bertz CT molecular complexity index is 939. The molecule has 4 rings (SSSR count). The van der Waals surface area contributed by atoms with Gasteiger partial charge >= 0.3 is 5.56 Å². The Labute approximate surface area is 132 Å². The molecule has 3 aromatic rings. The molecule has 0 radical (unpaired) electrons. The fourth-order valence-electron chi connectivity index (χ4n) is 3.07. The highest BCUT2D eigenvalue weighted by Gasteiger charge is 2.29. The molecule has 0 amide bonds. The minimum absolute atomic E-state index is 0.0000690. The van der Waals surface area contributed by atoms with Gasteiger partial charge in [0.2, 0.25) is 5.69 Å². The molecule has 1 aliphatic rings. The summed E-state index contributed by atoms with van der Waals surface area (Å²) in [5, 5.41) is 3.88. The van der Waals surface area contributed by atoms with Gasteiger partial charge in [0.1, 0.15) is 0 Å². The van der Waals surface area contributed by atoms with Crippen molar-refractivity contribution in [3.8, 4) is 11.4 Å². The maximum atomic E-state index is 12.7. The topological polar surface area (TPSA) is 41.7 Å². The maximum absolute atomic E-state index is 12.7. The van der Waals surface area contributed by atoms with Crippen molar-refractivity contribution in [3.63, 3.8) is 0 Å². The molecule has 1 aromatic heterocycles. The lowest BCUT2D eigenvalue weighted by Gasteiger charge is -2.10. The quantitative estimate of drug-likeness (QED) is 0.689. The van der Waals surface area contributed by atoms with Crippen LogP contribution in [-0.2, 0) is 12.8 Å². The van der Waals surface area contributed by atoms with Crippen molar-refractivity contribution in [2.24, 2.45) is 0 Å². The van der Waals surface area contributed by atoms with E-state index >= 15 is 0 Å². The third kappa shape index (κ3) is 1.91. The van der Waals surface area contributed by atoms with Gasteiger partial charge in [-0.3, -0.25) is 0 Å².